The summed E-state index contributed by atoms with van der Waals surface area (Å²) in [6.07, 6.45) is 0.116. The molecule has 8 nitrogen and oxygen atoms in total. The molecule has 4 N–H and O–H groups in total. The van der Waals surface area contributed by atoms with Gasteiger partial charge in [-0.2, -0.15) is 8.42 Å². The van der Waals surface area contributed by atoms with Crippen LogP contribution in [0.5, 0.6) is 0 Å². The Morgan fingerprint density at radius 1 is 1.22 bits per heavy atom. The smallest absolute Gasteiger partial charge is 0.296 e. The predicted molar refractivity (Wildman–Crippen MR) is 87.9 cm³/mol. The third-order valence-electron chi connectivity index (χ3n) is 2.82. The van der Waals surface area contributed by atoms with E-state index in [1.807, 2.05) is 0 Å². The summed E-state index contributed by atoms with van der Waals surface area (Å²) in [4.78, 5) is 11.3. The van der Waals surface area contributed by atoms with Crippen molar-refractivity contribution >= 4 is 48.8 Å². The lowest BCUT2D eigenvalue weighted by molar-refractivity contribution is -0.116. The predicted octanol–water partition coefficient (Wildman–Crippen LogP) is 0.888. The molecule has 1 aromatic carbocycles. The minimum Gasteiger partial charge on any atom is -0.398 e. The maximum atomic E-state index is 11.7. The van der Waals surface area contributed by atoms with E-state index in [9.17, 15) is 21.6 Å². The lowest BCUT2D eigenvalue weighted by Crippen LogP contribution is -2.16. The third kappa shape index (κ3) is 6.73. The molecule has 0 unspecified atom stereocenters. The summed E-state index contributed by atoms with van der Waals surface area (Å²) in [5.41, 5.74) is 5.52. The Kier molecular flexibility index (Phi) is 6.81. The van der Waals surface area contributed by atoms with Gasteiger partial charge in [-0.1, -0.05) is 0 Å². The number of rotatable bonds is 8. The number of nitrogen functional groups attached to an aromatic ring is 1. The van der Waals surface area contributed by atoms with Gasteiger partial charge in [0, 0.05) is 18.0 Å². The summed E-state index contributed by atoms with van der Waals surface area (Å²) in [6, 6.07) is 3.51. The summed E-state index contributed by atoms with van der Waals surface area (Å²) >= 11 is 5.36. The molecule has 0 aliphatic heterocycles. The summed E-state index contributed by atoms with van der Waals surface area (Å²) in [6.45, 7) is 0. The first-order valence-electron chi connectivity index (χ1n) is 6.48. The summed E-state index contributed by atoms with van der Waals surface area (Å²) in [5.74, 6) is -0.709. The number of nitrogens with two attached hydrogens (primary N) is 1. The van der Waals surface area contributed by atoms with Gasteiger partial charge in [0.1, 0.15) is 4.90 Å². The number of anilines is 2. The molecule has 0 heterocycles. The minimum absolute atomic E-state index is 0.00786. The second-order valence-electron chi connectivity index (χ2n) is 4.72. The maximum absolute atomic E-state index is 11.7. The lowest BCUT2D eigenvalue weighted by atomic mass is 10.2. The second kappa shape index (κ2) is 7.95. The van der Waals surface area contributed by atoms with E-state index in [1.54, 1.807) is 0 Å². The highest BCUT2D eigenvalue weighted by Crippen LogP contribution is 2.22. The van der Waals surface area contributed by atoms with Gasteiger partial charge in [-0.05, 0) is 24.6 Å². The van der Waals surface area contributed by atoms with Crippen molar-refractivity contribution in [3.8, 4) is 0 Å². The van der Waals surface area contributed by atoms with Gasteiger partial charge in [0.05, 0.1) is 17.2 Å². The first kappa shape index (κ1) is 19.7. The molecule has 0 atom stereocenters. The standard InChI is InChI=1S/C12H17ClN2O6S2/c13-5-7-22(17,18)6-1-2-12(16)15-9-3-4-11(10(14)8-9)23(19,20)21/h3-4,8H,1-2,5-7,14H2,(H,15,16)(H,19,20,21). The van der Waals surface area contributed by atoms with E-state index >= 15 is 0 Å². The van der Waals surface area contributed by atoms with Crippen LogP contribution in [0.4, 0.5) is 11.4 Å². The molecule has 0 spiro atoms. The highest BCUT2D eigenvalue weighted by Gasteiger charge is 2.15. The van der Waals surface area contributed by atoms with Crippen molar-refractivity contribution in [1.29, 1.82) is 0 Å². The van der Waals surface area contributed by atoms with E-state index in [0.29, 0.717) is 0 Å². The molecular formula is C12H17ClN2O6S2. The first-order valence-corrected chi connectivity index (χ1v) is 10.3. The van der Waals surface area contributed by atoms with Crippen molar-refractivity contribution < 1.29 is 26.2 Å². The monoisotopic (exact) mass is 384 g/mol. The van der Waals surface area contributed by atoms with E-state index in [2.05, 4.69) is 5.32 Å². The molecule has 0 radical (unpaired) electrons. The van der Waals surface area contributed by atoms with Gasteiger partial charge in [0.2, 0.25) is 5.91 Å². The van der Waals surface area contributed by atoms with Crippen LogP contribution in [0, 0.1) is 0 Å². The van der Waals surface area contributed by atoms with Crippen LogP contribution in [0.25, 0.3) is 0 Å². The van der Waals surface area contributed by atoms with Gasteiger partial charge in [0.15, 0.2) is 9.84 Å². The zero-order chi connectivity index (χ0) is 17.7. The van der Waals surface area contributed by atoms with Crippen LogP contribution in [0.2, 0.25) is 0 Å². The van der Waals surface area contributed by atoms with E-state index in [1.165, 1.54) is 12.1 Å². The highest BCUT2D eigenvalue weighted by atomic mass is 35.5. The number of sulfone groups is 1. The molecule has 0 aromatic heterocycles. The zero-order valence-corrected chi connectivity index (χ0v) is 14.4. The number of hydrogen-bond donors (Lipinski definition) is 3. The van der Waals surface area contributed by atoms with Crippen molar-refractivity contribution in [3.05, 3.63) is 18.2 Å². The molecular weight excluding hydrogens is 368 g/mol. The lowest BCUT2D eigenvalue weighted by Gasteiger charge is -2.08. The van der Waals surface area contributed by atoms with Gasteiger partial charge in [-0.3, -0.25) is 9.35 Å². The molecule has 0 aliphatic carbocycles. The Bertz CT molecular complexity index is 777. The fourth-order valence-electron chi connectivity index (χ4n) is 1.76. The Labute approximate surface area is 139 Å². The number of halogens is 1. The van der Waals surface area contributed by atoms with Crippen molar-refractivity contribution in [3.63, 3.8) is 0 Å². The molecule has 0 saturated heterocycles. The largest absolute Gasteiger partial charge is 0.398 e. The summed E-state index contributed by atoms with van der Waals surface area (Å²) < 4.78 is 53.8. The molecule has 11 heteroatoms. The molecule has 0 fully saturated rings. The number of amides is 1. The number of carbonyl (C=O) groups is 1. The van der Waals surface area contributed by atoms with Crippen LogP contribution in [0.1, 0.15) is 12.8 Å². The number of hydrogen-bond acceptors (Lipinski definition) is 6. The molecule has 1 rings (SSSR count). The Morgan fingerprint density at radius 2 is 1.87 bits per heavy atom. The fraction of sp³-hybridized carbons (Fsp3) is 0.417. The minimum atomic E-state index is -4.43. The quantitative estimate of drug-likeness (QED) is 0.343. The average molecular weight is 385 g/mol. The first-order chi connectivity index (χ1) is 10.5. The topological polar surface area (TPSA) is 144 Å². The van der Waals surface area contributed by atoms with Crippen LogP contribution in [-0.4, -0.2) is 44.7 Å². The van der Waals surface area contributed by atoms with Crippen LogP contribution in [-0.2, 0) is 24.7 Å². The van der Waals surface area contributed by atoms with E-state index in [4.69, 9.17) is 21.9 Å². The normalized spacial score (nSPS) is 12.1. The van der Waals surface area contributed by atoms with Gasteiger partial charge in [-0.15, -0.1) is 11.6 Å². The van der Waals surface area contributed by atoms with Crippen LogP contribution in [0.15, 0.2) is 23.1 Å². The van der Waals surface area contributed by atoms with Crippen molar-refractivity contribution in [2.24, 2.45) is 0 Å². The second-order valence-corrected chi connectivity index (χ2v) is 8.79. The third-order valence-corrected chi connectivity index (χ3v) is 5.90. The van der Waals surface area contributed by atoms with Gasteiger partial charge in [0.25, 0.3) is 10.1 Å². The Hall–Kier alpha value is -1.36. The van der Waals surface area contributed by atoms with Crippen molar-refractivity contribution in [1.82, 2.24) is 0 Å². The Morgan fingerprint density at radius 3 is 2.39 bits per heavy atom. The average Bonchev–Trinajstić information content (AvgIpc) is 2.36. The molecule has 0 bridgehead atoms. The van der Waals surface area contributed by atoms with Gasteiger partial charge in [-0.25, -0.2) is 8.42 Å². The van der Waals surface area contributed by atoms with Gasteiger partial charge >= 0.3 is 0 Å². The molecule has 0 aliphatic rings. The number of nitrogens with one attached hydrogen (secondary N) is 1. The molecule has 130 valence electrons. The molecule has 1 aromatic rings. The van der Waals surface area contributed by atoms with E-state index < -0.39 is 30.8 Å². The summed E-state index contributed by atoms with van der Waals surface area (Å²) in [5, 5.41) is 2.46. The molecule has 0 saturated carbocycles. The van der Waals surface area contributed by atoms with E-state index in [-0.39, 0.29) is 41.6 Å². The highest BCUT2D eigenvalue weighted by molar-refractivity contribution is 7.91. The van der Waals surface area contributed by atoms with E-state index in [0.717, 1.165) is 6.07 Å². The zero-order valence-electron chi connectivity index (χ0n) is 12.0. The SMILES string of the molecule is Nc1cc(NC(=O)CCCS(=O)(=O)CCCl)ccc1S(=O)(=O)O. The summed E-state index contributed by atoms with van der Waals surface area (Å²) in [7, 11) is -7.69. The number of benzene rings is 1. The van der Waals surface area contributed by atoms with Crippen LogP contribution >= 0.6 is 11.6 Å². The number of alkyl halides is 1. The van der Waals surface area contributed by atoms with Gasteiger partial charge < -0.3 is 11.1 Å². The fourth-order valence-corrected chi connectivity index (χ4v) is 4.08. The van der Waals surface area contributed by atoms with Crippen molar-refractivity contribution in [2.45, 2.75) is 17.7 Å². The molecule has 1 amide bonds. The van der Waals surface area contributed by atoms with Crippen LogP contribution in [0.3, 0.4) is 0 Å². The van der Waals surface area contributed by atoms with Crippen LogP contribution < -0.4 is 11.1 Å². The van der Waals surface area contributed by atoms with Crippen molar-refractivity contribution in [2.75, 3.05) is 28.4 Å². The Balaban J connectivity index is 2.60. The number of carbonyl (C=O) groups excluding carboxylic acids is 1. The maximum Gasteiger partial charge on any atom is 0.296 e. The molecule has 23 heavy (non-hydrogen) atoms.